The molecule has 0 bridgehead atoms. The van der Waals surface area contributed by atoms with Gasteiger partial charge in [-0.3, -0.25) is 9.59 Å². The largest absolute Gasteiger partial charge is 0.507 e. The van der Waals surface area contributed by atoms with Crippen molar-refractivity contribution < 1.29 is 34.1 Å². The second-order valence-electron chi connectivity index (χ2n) is 6.96. The van der Waals surface area contributed by atoms with E-state index >= 15 is 0 Å². The van der Waals surface area contributed by atoms with Gasteiger partial charge in [-0.25, -0.2) is 4.79 Å². The fourth-order valence-electron chi connectivity index (χ4n) is 3.57. The number of rotatable bonds is 4. The topological polar surface area (TPSA) is 122 Å². The number of aromatic hydroxyl groups is 1. The third-order valence-corrected chi connectivity index (χ3v) is 4.94. The van der Waals surface area contributed by atoms with E-state index in [9.17, 15) is 19.5 Å². The summed E-state index contributed by atoms with van der Waals surface area (Å²) in [6.45, 7) is 3.54. The number of carboxylic acid groups (broad SMARTS) is 1. The number of aryl methyl sites for hydroxylation is 2. The van der Waals surface area contributed by atoms with Crippen molar-refractivity contribution in [3.8, 4) is 17.2 Å². The smallest absolute Gasteiger partial charge is 0.394 e. The monoisotopic (exact) mass is 411 g/mol. The maximum atomic E-state index is 13.2. The van der Waals surface area contributed by atoms with Crippen LogP contribution in [0.2, 0.25) is 0 Å². The predicted octanol–water partition coefficient (Wildman–Crippen LogP) is 2.87. The molecule has 0 fully saturated rings. The van der Waals surface area contributed by atoms with E-state index in [1.54, 1.807) is 38.1 Å². The minimum absolute atomic E-state index is 0.0364. The lowest BCUT2D eigenvalue weighted by Gasteiger charge is -2.16. The molecule has 1 amide bonds. The Morgan fingerprint density at radius 1 is 1.10 bits per heavy atom. The first-order valence-corrected chi connectivity index (χ1v) is 9.05. The molecule has 3 N–H and O–H groups in total. The van der Waals surface area contributed by atoms with Gasteiger partial charge in [0.1, 0.15) is 5.75 Å². The Morgan fingerprint density at radius 3 is 2.27 bits per heavy atom. The molecule has 156 valence electrons. The summed E-state index contributed by atoms with van der Waals surface area (Å²) >= 11 is 0. The van der Waals surface area contributed by atoms with E-state index < -0.39 is 11.9 Å². The van der Waals surface area contributed by atoms with Crippen LogP contribution in [0.25, 0.3) is 6.08 Å². The number of carboxylic acids is 1. The van der Waals surface area contributed by atoms with Crippen LogP contribution in [0.1, 0.15) is 32.6 Å². The highest BCUT2D eigenvalue weighted by atomic mass is 16.5. The second-order valence-corrected chi connectivity index (χ2v) is 6.96. The normalized spacial score (nSPS) is 13.9. The number of hydrogen-bond donors (Lipinski definition) is 3. The van der Waals surface area contributed by atoms with Gasteiger partial charge in [-0.15, -0.1) is 0 Å². The molecule has 0 saturated heterocycles. The van der Waals surface area contributed by atoms with Crippen LogP contribution in [0, 0.1) is 13.8 Å². The summed E-state index contributed by atoms with van der Waals surface area (Å²) in [5, 5.41) is 21.2. The van der Waals surface area contributed by atoms with Gasteiger partial charge in [-0.1, -0.05) is 0 Å². The zero-order valence-electron chi connectivity index (χ0n) is 17.0. The number of carbonyl (C=O) groups is 3. The summed E-state index contributed by atoms with van der Waals surface area (Å²) < 4.78 is 10.6. The molecular formula is C22H21NO7. The Morgan fingerprint density at radius 2 is 1.73 bits per heavy atom. The summed E-state index contributed by atoms with van der Waals surface area (Å²) in [7, 11) is 2.74. The third-order valence-electron chi connectivity index (χ3n) is 4.94. The van der Waals surface area contributed by atoms with E-state index in [1.165, 1.54) is 14.2 Å². The van der Waals surface area contributed by atoms with Crippen LogP contribution in [-0.2, 0) is 16.0 Å². The zero-order valence-corrected chi connectivity index (χ0v) is 17.0. The number of methoxy groups -OCH3 is 2. The van der Waals surface area contributed by atoms with Gasteiger partial charge in [-0.2, -0.15) is 0 Å². The summed E-state index contributed by atoms with van der Waals surface area (Å²) in [5.74, 6) is -2.80. The molecule has 0 spiro atoms. The maximum Gasteiger partial charge on any atom is 0.394 e. The number of amides is 1. The van der Waals surface area contributed by atoms with Gasteiger partial charge in [0.15, 0.2) is 17.3 Å². The first kappa shape index (κ1) is 20.9. The minimum Gasteiger partial charge on any atom is -0.507 e. The Labute approximate surface area is 172 Å². The molecule has 2 aromatic rings. The van der Waals surface area contributed by atoms with E-state index in [1.807, 2.05) is 0 Å². The molecule has 1 aliphatic carbocycles. The van der Waals surface area contributed by atoms with Crippen LogP contribution in [0.4, 0.5) is 5.69 Å². The van der Waals surface area contributed by atoms with Gasteiger partial charge >= 0.3 is 11.9 Å². The molecule has 0 atom stereocenters. The summed E-state index contributed by atoms with van der Waals surface area (Å²) in [6, 6.07) is 5.16. The van der Waals surface area contributed by atoms with Crippen molar-refractivity contribution in [2.24, 2.45) is 0 Å². The molecule has 0 heterocycles. The Hall–Kier alpha value is -3.81. The number of nitrogens with one attached hydrogen (secondary N) is 1. The molecule has 1 aliphatic rings. The van der Waals surface area contributed by atoms with Gasteiger partial charge < -0.3 is 25.0 Å². The highest BCUT2D eigenvalue weighted by Gasteiger charge is 2.33. The van der Waals surface area contributed by atoms with Crippen LogP contribution < -0.4 is 14.8 Å². The first-order valence-electron chi connectivity index (χ1n) is 9.05. The number of fused-ring (bicyclic) bond motifs is 1. The second kappa shape index (κ2) is 7.90. The summed E-state index contributed by atoms with van der Waals surface area (Å²) in [5.41, 5.74) is 3.28. The van der Waals surface area contributed by atoms with Crippen molar-refractivity contribution in [2.75, 3.05) is 19.5 Å². The number of hydrogen-bond acceptors (Lipinski definition) is 6. The maximum absolute atomic E-state index is 13.2. The number of allylic oxidation sites excluding steroid dienone is 1. The van der Waals surface area contributed by atoms with Crippen LogP contribution in [0.3, 0.4) is 0 Å². The number of benzene rings is 2. The number of aliphatic carboxylic acids is 1. The highest BCUT2D eigenvalue weighted by molar-refractivity contribution is 6.37. The molecule has 3 rings (SSSR count). The summed E-state index contributed by atoms with van der Waals surface area (Å²) in [6.07, 6.45) is 1.98. The number of phenolic OH excluding ortho intramolecular Hbond substituents is 1. The Kier molecular flexibility index (Phi) is 5.51. The number of anilines is 1. The first-order chi connectivity index (χ1) is 14.2. The lowest BCUT2D eigenvalue weighted by molar-refractivity contribution is -0.147. The van der Waals surface area contributed by atoms with Crippen molar-refractivity contribution in [3.63, 3.8) is 0 Å². The average molecular weight is 411 g/mol. The Bertz CT molecular complexity index is 1090. The zero-order chi connectivity index (χ0) is 22.2. The molecule has 8 nitrogen and oxygen atoms in total. The lowest BCUT2D eigenvalue weighted by atomic mass is 10.0. The standard InChI is InChI=1S/C22H21NO7/c1-10-5-12(6-11(2)18(10)24)7-14-8-13-9-15(29-3)20(30-4)17(16(13)19(14)25)23-21(26)22(27)28/h5-7,9,24H,8H2,1-4H3,(H,23,26)(H,27,28)/b14-7+. The van der Waals surface area contributed by atoms with Crippen LogP contribution in [-0.4, -0.2) is 42.1 Å². The third kappa shape index (κ3) is 3.59. The molecule has 0 saturated carbocycles. The van der Waals surface area contributed by atoms with Gasteiger partial charge in [0.05, 0.1) is 25.5 Å². The number of carbonyl (C=O) groups excluding carboxylic acids is 2. The molecule has 2 aromatic carbocycles. The summed E-state index contributed by atoms with van der Waals surface area (Å²) in [4.78, 5) is 36.0. The van der Waals surface area contributed by atoms with Crippen molar-refractivity contribution in [1.82, 2.24) is 0 Å². The number of phenols is 1. The van der Waals surface area contributed by atoms with Gasteiger partial charge in [0, 0.05) is 12.0 Å². The lowest BCUT2D eigenvalue weighted by Crippen LogP contribution is -2.23. The Balaban J connectivity index is 2.13. The fourth-order valence-corrected chi connectivity index (χ4v) is 3.57. The van der Waals surface area contributed by atoms with Crippen LogP contribution in [0.5, 0.6) is 17.2 Å². The molecule has 0 aromatic heterocycles. The minimum atomic E-state index is -1.69. The van der Waals surface area contributed by atoms with Crippen molar-refractivity contribution in [3.05, 3.63) is 51.6 Å². The molecule has 0 radical (unpaired) electrons. The SMILES string of the molecule is COc1cc2c(c(NC(=O)C(=O)O)c1OC)C(=O)/C(=C/c1cc(C)c(O)c(C)c1)C2. The predicted molar refractivity (Wildman–Crippen MR) is 109 cm³/mol. The molecule has 30 heavy (non-hydrogen) atoms. The number of Topliss-reactive ketones (excluding diaryl/α,β-unsaturated/α-hetero) is 1. The van der Waals surface area contributed by atoms with E-state index in [0.717, 1.165) is 5.56 Å². The molecule has 0 aliphatic heterocycles. The molecule has 8 heteroatoms. The number of ketones is 1. The molecule has 0 unspecified atom stereocenters. The van der Waals surface area contributed by atoms with Gasteiger partial charge in [0.25, 0.3) is 0 Å². The molecular weight excluding hydrogens is 390 g/mol. The van der Waals surface area contributed by atoms with E-state index in [4.69, 9.17) is 14.6 Å². The van der Waals surface area contributed by atoms with Gasteiger partial charge in [0.2, 0.25) is 0 Å². The van der Waals surface area contributed by atoms with Crippen molar-refractivity contribution in [2.45, 2.75) is 20.3 Å². The fraction of sp³-hybridized carbons (Fsp3) is 0.227. The van der Waals surface area contributed by atoms with Crippen molar-refractivity contribution >= 4 is 29.4 Å². The highest BCUT2D eigenvalue weighted by Crippen LogP contribution is 2.45. The average Bonchev–Trinajstić information content (AvgIpc) is 3.00. The van der Waals surface area contributed by atoms with Crippen LogP contribution >= 0.6 is 0 Å². The van der Waals surface area contributed by atoms with E-state index in [0.29, 0.717) is 22.3 Å². The van der Waals surface area contributed by atoms with E-state index in [-0.39, 0.29) is 40.7 Å². The van der Waals surface area contributed by atoms with Crippen molar-refractivity contribution in [1.29, 1.82) is 0 Å². The number of ether oxygens (including phenoxy) is 2. The quantitative estimate of drug-likeness (QED) is 0.522. The van der Waals surface area contributed by atoms with Gasteiger partial charge in [-0.05, 0) is 60.4 Å². The van der Waals surface area contributed by atoms with Crippen LogP contribution in [0.15, 0.2) is 23.8 Å². The van der Waals surface area contributed by atoms with E-state index in [2.05, 4.69) is 5.32 Å².